The average Bonchev–Trinajstić information content (AvgIpc) is 1.98. The van der Waals surface area contributed by atoms with Crippen LogP contribution in [0.5, 0.6) is 0 Å². The summed E-state index contributed by atoms with van der Waals surface area (Å²) in [5.74, 6) is -2.67. The summed E-state index contributed by atoms with van der Waals surface area (Å²) in [6, 6.07) is 0. The lowest BCUT2D eigenvalue weighted by Gasteiger charge is -2.03. The van der Waals surface area contributed by atoms with Crippen LogP contribution in [0.2, 0.25) is 0 Å². The average molecular weight is 170 g/mol. The number of carbonyl (C=O) groups is 2. The van der Waals surface area contributed by atoms with E-state index in [-0.39, 0.29) is 5.57 Å². The number of allylic oxidation sites excluding steroid dienone is 1. The molecule has 0 aromatic heterocycles. The molecule has 0 saturated heterocycles. The van der Waals surface area contributed by atoms with E-state index in [2.05, 4.69) is 6.58 Å². The minimum absolute atomic E-state index is 0.0208. The molecule has 4 heteroatoms. The fraction of sp³-hybridized carbons (Fsp3) is 0.250. The predicted octanol–water partition coefficient (Wildman–Crippen LogP) is 0.904. The molecule has 0 amide bonds. The zero-order valence-corrected chi connectivity index (χ0v) is 6.65. The van der Waals surface area contributed by atoms with Gasteiger partial charge in [0.15, 0.2) is 0 Å². The van der Waals surface area contributed by atoms with E-state index >= 15 is 0 Å². The molecule has 0 aliphatic carbocycles. The molecule has 0 spiro atoms. The van der Waals surface area contributed by atoms with E-state index in [0.29, 0.717) is 0 Å². The second kappa shape index (κ2) is 4.33. The van der Waals surface area contributed by atoms with Gasteiger partial charge in [0.1, 0.15) is 0 Å². The van der Waals surface area contributed by atoms with Gasteiger partial charge in [-0.15, -0.1) is 0 Å². The number of rotatable bonds is 4. The Balaban J connectivity index is 4.22. The van der Waals surface area contributed by atoms with Gasteiger partial charge in [-0.25, -0.2) is 9.59 Å². The zero-order chi connectivity index (χ0) is 9.72. The van der Waals surface area contributed by atoms with Crippen molar-refractivity contribution in [2.45, 2.75) is 6.92 Å². The second-order valence-electron chi connectivity index (χ2n) is 2.32. The summed E-state index contributed by atoms with van der Waals surface area (Å²) in [5.41, 5.74) is -0.0208. The summed E-state index contributed by atoms with van der Waals surface area (Å²) in [4.78, 5) is 20.3. The molecule has 0 aromatic carbocycles. The van der Waals surface area contributed by atoms with E-state index in [9.17, 15) is 9.59 Å². The van der Waals surface area contributed by atoms with Crippen LogP contribution in [0, 0.1) is 5.92 Å². The molecule has 0 radical (unpaired) electrons. The van der Waals surface area contributed by atoms with Crippen molar-refractivity contribution in [1.29, 1.82) is 0 Å². The number of carboxylic acid groups (broad SMARTS) is 2. The third-order valence-corrected chi connectivity index (χ3v) is 1.35. The summed E-state index contributed by atoms with van der Waals surface area (Å²) in [5, 5.41) is 16.7. The van der Waals surface area contributed by atoms with E-state index in [0.717, 1.165) is 6.08 Å². The van der Waals surface area contributed by atoms with Gasteiger partial charge in [-0.05, 0) is 0 Å². The number of hydrogen-bond acceptors (Lipinski definition) is 2. The first-order valence-corrected chi connectivity index (χ1v) is 3.28. The Morgan fingerprint density at radius 1 is 1.42 bits per heavy atom. The topological polar surface area (TPSA) is 74.6 Å². The fourth-order valence-electron chi connectivity index (χ4n) is 0.538. The standard InChI is InChI=1S/C8H10O4/c1-5(3-4-7(9)10)6(2)8(11)12/h3-5H,2H2,1H3,(H,9,10)(H,11,12). The first-order valence-electron chi connectivity index (χ1n) is 3.28. The molecule has 0 aliphatic rings. The van der Waals surface area contributed by atoms with Crippen molar-refractivity contribution in [3.05, 3.63) is 24.3 Å². The lowest BCUT2D eigenvalue weighted by molar-refractivity contribution is -0.133. The molecule has 0 fully saturated rings. The van der Waals surface area contributed by atoms with Crippen molar-refractivity contribution in [2.24, 2.45) is 5.92 Å². The molecule has 0 aromatic rings. The van der Waals surface area contributed by atoms with Gasteiger partial charge in [-0.3, -0.25) is 0 Å². The van der Waals surface area contributed by atoms with Crippen molar-refractivity contribution >= 4 is 11.9 Å². The Morgan fingerprint density at radius 3 is 2.25 bits per heavy atom. The Hall–Kier alpha value is -1.58. The van der Waals surface area contributed by atoms with Gasteiger partial charge in [0.2, 0.25) is 0 Å². The Kier molecular flexibility index (Phi) is 3.76. The summed E-state index contributed by atoms with van der Waals surface area (Å²) in [6.45, 7) is 4.85. The van der Waals surface area contributed by atoms with Crippen LogP contribution in [0.1, 0.15) is 6.92 Å². The number of hydrogen-bond donors (Lipinski definition) is 2. The maximum atomic E-state index is 10.3. The van der Waals surface area contributed by atoms with Crippen molar-refractivity contribution in [2.75, 3.05) is 0 Å². The molecule has 12 heavy (non-hydrogen) atoms. The lowest BCUT2D eigenvalue weighted by Crippen LogP contribution is -2.06. The van der Waals surface area contributed by atoms with Gasteiger partial charge in [-0.2, -0.15) is 0 Å². The van der Waals surface area contributed by atoms with Gasteiger partial charge in [0.25, 0.3) is 0 Å². The molecule has 66 valence electrons. The summed E-state index contributed by atoms with van der Waals surface area (Å²) in [6.07, 6.45) is 2.18. The highest BCUT2D eigenvalue weighted by molar-refractivity contribution is 5.87. The summed E-state index contributed by atoms with van der Waals surface area (Å²) in [7, 11) is 0. The fourth-order valence-corrected chi connectivity index (χ4v) is 0.538. The van der Waals surface area contributed by atoms with Crippen LogP contribution in [0.4, 0.5) is 0 Å². The predicted molar refractivity (Wildman–Crippen MR) is 42.7 cm³/mol. The SMILES string of the molecule is C=C(C(=O)O)C(C)C=CC(=O)O. The smallest absolute Gasteiger partial charge is 0.331 e. The molecule has 1 unspecified atom stereocenters. The quantitative estimate of drug-likeness (QED) is 0.615. The third kappa shape index (κ3) is 3.55. The van der Waals surface area contributed by atoms with Gasteiger partial charge in [0, 0.05) is 17.6 Å². The molecule has 0 saturated carbocycles. The summed E-state index contributed by atoms with van der Waals surface area (Å²) < 4.78 is 0. The van der Waals surface area contributed by atoms with Gasteiger partial charge < -0.3 is 10.2 Å². The number of aliphatic carboxylic acids is 2. The monoisotopic (exact) mass is 170 g/mol. The van der Waals surface area contributed by atoms with Crippen molar-refractivity contribution in [1.82, 2.24) is 0 Å². The Morgan fingerprint density at radius 2 is 1.92 bits per heavy atom. The maximum absolute atomic E-state index is 10.3. The molecule has 0 bridgehead atoms. The van der Waals surface area contributed by atoms with Crippen molar-refractivity contribution in [3.8, 4) is 0 Å². The summed E-state index contributed by atoms with van der Waals surface area (Å²) >= 11 is 0. The first kappa shape index (κ1) is 10.4. The zero-order valence-electron chi connectivity index (χ0n) is 6.65. The van der Waals surface area contributed by atoms with Gasteiger partial charge in [-0.1, -0.05) is 19.6 Å². The largest absolute Gasteiger partial charge is 0.478 e. The molecule has 0 heterocycles. The molecular weight excluding hydrogens is 160 g/mol. The number of carboxylic acids is 2. The van der Waals surface area contributed by atoms with Gasteiger partial charge in [0.05, 0.1) is 0 Å². The normalized spacial score (nSPS) is 12.8. The molecule has 0 rings (SSSR count). The van der Waals surface area contributed by atoms with Crippen LogP contribution in [0.3, 0.4) is 0 Å². The lowest BCUT2D eigenvalue weighted by atomic mass is 10.0. The van der Waals surface area contributed by atoms with Gasteiger partial charge >= 0.3 is 11.9 Å². The highest BCUT2D eigenvalue weighted by atomic mass is 16.4. The Labute approximate surface area is 69.8 Å². The van der Waals surface area contributed by atoms with E-state index in [1.165, 1.54) is 6.08 Å². The molecular formula is C8H10O4. The second-order valence-corrected chi connectivity index (χ2v) is 2.32. The minimum Gasteiger partial charge on any atom is -0.478 e. The molecule has 1 atom stereocenters. The first-order chi connectivity index (χ1) is 5.45. The van der Waals surface area contributed by atoms with Crippen LogP contribution in [0.25, 0.3) is 0 Å². The van der Waals surface area contributed by atoms with Crippen LogP contribution < -0.4 is 0 Å². The van der Waals surface area contributed by atoms with Crippen LogP contribution in [0.15, 0.2) is 24.3 Å². The Bertz CT molecular complexity index is 239. The highest BCUT2D eigenvalue weighted by Crippen LogP contribution is 2.09. The molecule has 2 N–H and O–H groups in total. The minimum atomic E-state index is -1.11. The molecule has 4 nitrogen and oxygen atoms in total. The van der Waals surface area contributed by atoms with Crippen molar-refractivity contribution in [3.63, 3.8) is 0 Å². The van der Waals surface area contributed by atoms with Crippen molar-refractivity contribution < 1.29 is 19.8 Å². The van der Waals surface area contributed by atoms with Crippen LogP contribution in [-0.2, 0) is 9.59 Å². The maximum Gasteiger partial charge on any atom is 0.331 e. The third-order valence-electron chi connectivity index (χ3n) is 1.35. The van der Waals surface area contributed by atoms with E-state index in [1.54, 1.807) is 6.92 Å². The highest BCUT2D eigenvalue weighted by Gasteiger charge is 2.09. The van der Waals surface area contributed by atoms with E-state index < -0.39 is 17.9 Å². The van der Waals surface area contributed by atoms with Crippen LogP contribution in [-0.4, -0.2) is 22.2 Å². The molecule has 0 aliphatic heterocycles. The van der Waals surface area contributed by atoms with E-state index in [4.69, 9.17) is 10.2 Å². The van der Waals surface area contributed by atoms with E-state index in [1.807, 2.05) is 0 Å². The van der Waals surface area contributed by atoms with Crippen LogP contribution >= 0.6 is 0 Å².